The highest BCUT2D eigenvalue weighted by Crippen LogP contribution is 2.49. The predicted octanol–water partition coefficient (Wildman–Crippen LogP) is 4.14. The molecule has 1 fully saturated rings. The Morgan fingerprint density at radius 2 is 1.85 bits per heavy atom. The van der Waals surface area contributed by atoms with E-state index in [1.807, 2.05) is 40.6 Å². The van der Waals surface area contributed by atoms with Crippen molar-refractivity contribution < 1.29 is 9.59 Å². The van der Waals surface area contributed by atoms with Crippen molar-refractivity contribution in [1.29, 1.82) is 0 Å². The molecule has 3 aliphatic rings. The molecule has 3 heterocycles. The first-order valence-corrected chi connectivity index (χ1v) is 12.6. The Morgan fingerprint density at radius 3 is 2.58 bits per heavy atom. The smallest absolute Gasteiger partial charge is 0.242 e. The van der Waals surface area contributed by atoms with Gasteiger partial charge < -0.3 is 10.2 Å². The van der Waals surface area contributed by atoms with E-state index in [9.17, 15) is 9.59 Å². The summed E-state index contributed by atoms with van der Waals surface area (Å²) in [6, 6.07) is 11.6. The van der Waals surface area contributed by atoms with Crippen LogP contribution in [0.25, 0.3) is 0 Å². The Bertz CT molecular complexity index is 1080. The van der Waals surface area contributed by atoms with E-state index in [2.05, 4.69) is 42.1 Å². The van der Waals surface area contributed by atoms with E-state index in [1.54, 1.807) is 11.3 Å². The molecule has 2 aliphatic heterocycles. The Kier molecular flexibility index (Phi) is 5.89. The number of piperazine rings is 1. The highest BCUT2D eigenvalue weighted by atomic mass is 32.1. The number of benzene rings is 1. The van der Waals surface area contributed by atoms with E-state index < -0.39 is 6.04 Å². The summed E-state index contributed by atoms with van der Waals surface area (Å²) in [6.07, 6.45) is 1.27. The lowest BCUT2D eigenvalue weighted by molar-refractivity contribution is -0.120. The van der Waals surface area contributed by atoms with Gasteiger partial charge in [0.05, 0.1) is 17.9 Å². The predicted molar refractivity (Wildman–Crippen MR) is 134 cm³/mol. The van der Waals surface area contributed by atoms with Crippen molar-refractivity contribution in [2.24, 2.45) is 5.41 Å². The molecule has 33 heavy (non-hydrogen) atoms. The minimum Gasteiger partial charge on any atom is -0.357 e. The molecule has 6 nitrogen and oxygen atoms in total. The maximum atomic E-state index is 14.0. The third-order valence-electron chi connectivity index (χ3n) is 6.94. The van der Waals surface area contributed by atoms with Crippen LogP contribution in [0.4, 0.5) is 11.4 Å². The molecule has 0 unspecified atom stereocenters. The molecule has 2 aromatic rings. The Hall–Kier alpha value is -2.48. The zero-order valence-electron chi connectivity index (χ0n) is 19.6. The zero-order chi connectivity index (χ0) is 23.2. The number of carbonyl (C=O) groups excluding carboxylic acids is 2. The largest absolute Gasteiger partial charge is 0.357 e. The number of hydrogen-bond acceptors (Lipinski definition) is 6. The number of rotatable bonds is 3. The maximum Gasteiger partial charge on any atom is 0.242 e. The SMILES string of the molecule is CN1CCN(CC(=O)N2c3ccccc3NC3=C(C(=O)CC(C)(C)C3)[C@@H]2c2cccs2)CC1. The molecule has 1 atom stereocenters. The maximum absolute atomic E-state index is 14.0. The van der Waals surface area contributed by atoms with E-state index in [4.69, 9.17) is 0 Å². The van der Waals surface area contributed by atoms with Gasteiger partial charge in [0.2, 0.25) is 5.91 Å². The topological polar surface area (TPSA) is 55.9 Å². The number of anilines is 2. The minimum atomic E-state index is -0.403. The number of para-hydroxylation sites is 2. The van der Waals surface area contributed by atoms with Crippen molar-refractivity contribution in [3.63, 3.8) is 0 Å². The van der Waals surface area contributed by atoms with E-state index in [1.165, 1.54) is 0 Å². The number of ketones is 1. The van der Waals surface area contributed by atoms with E-state index in [-0.39, 0.29) is 17.1 Å². The third-order valence-corrected chi connectivity index (χ3v) is 7.86. The van der Waals surface area contributed by atoms with Gasteiger partial charge in [0, 0.05) is 48.7 Å². The van der Waals surface area contributed by atoms with Gasteiger partial charge in [0.1, 0.15) is 6.04 Å². The van der Waals surface area contributed by atoms with Gasteiger partial charge in [0.15, 0.2) is 5.78 Å². The van der Waals surface area contributed by atoms with Crippen LogP contribution in [0.1, 0.15) is 37.6 Å². The van der Waals surface area contributed by atoms with Crippen LogP contribution in [0.2, 0.25) is 0 Å². The standard InChI is InChI=1S/C26H32N4O2S/c1-26(2)15-19-24(21(31)16-26)25(22-9-6-14-33-22)30(20-8-5-4-7-18(20)27-19)23(32)17-29-12-10-28(3)11-13-29/h4-9,14,25,27H,10-13,15-17H2,1-3H3/t25-/m0/s1. The first-order valence-electron chi connectivity index (χ1n) is 11.7. The Balaban J connectivity index is 1.61. The van der Waals surface area contributed by atoms with E-state index in [0.29, 0.717) is 13.0 Å². The summed E-state index contributed by atoms with van der Waals surface area (Å²) < 4.78 is 0. The van der Waals surface area contributed by atoms with Gasteiger partial charge in [-0.25, -0.2) is 0 Å². The quantitative estimate of drug-likeness (QED) is 0.740. The van der Waals surface area contributed by atoms with Gasteiger partial charge in [-0.05, 0) is 42.5 Å². The average molecular weight is 465 g/mol. The molecular formula is C26H32N4O2S. The normalized spacial score (nSPS) is 23.5. The summed E-state index contributed by atoms with van der Waals surface area (Å²) in [6.45, 7) is 8.31. The number of likely N-dealkylation sites (N-methyl/N-ethyl adjacent to an activating group) is 1. The Labute approximate surface area is 199 Å². The first kappa shape index (κ1) is 22.3. The number of nitrogens with zero attached hydrogens (tertiary/aromatic N) is 3. The molecule has 1 aliphatic carbocycles. The van der Waals surface area contributed by atoms with Gasteiger partial charge in [-0.3, -0.25) is 19.4 Å². The number of carbonyl (C=O) groups is 2. The number of amides is 1. The number of allylic oxidation sites excluding steroid dienone is 1. The minimum absolute atomic E-state index is 0.0404. The van der Waals surface area contributed by atoms with Gasteiger partial charge in [-0.15, -0.1) is 11.3 Å². The second-order valence-electron chi connectivity index (χ2n) is 10.2. The molecule has 1 aromatic carbocycles. The first-order chi connectivity index (χ1) is 15.8. The summed E-state index contributed by atoms with van der Waals surface area (Å²) in [5, 5.41) is 5.61. The number of nitrogens with one attached hydrogen (secondary N) is 1. The number of thiophene rings is 1. The second kappa shape index (κ2) is 8.70. The van der Waals surface area contributed by atoms with Gasteiger partial charge in [-0.1, -0.05) is 32.0 Å². The molecule has 1 aromatic heterocycles. The fourth-order valence-corrected chi connectivity index (χ4v) is 6.08. The highest BCUT2D eigenvalue weighted by Gasteiger charge is 2.43. The molecule has 0 spiro atoms. The van der Waals surface area contributed by atoms with Gasteiger partial charge >= 0.3 is 0 Å². The third kappa shape index (κ3) is 4.37. The van der Waals surface area contributed by atoms with Gasteiger partial charge in [-0.2, -0.15) is 0 Å². The van der Waals surface area contributed by atoms with Crippen molar-refractivity contribution >= 4 is 34.4 Å². The summed E-state index contributed by atoms with van der Waals surface area (Å²) in [5.41, 5.74) is 3.32. The Morgan fingerprint density at radius 1 is 1.09 bits per heavy atom. The molecule has 1 saturated heterocycles. The van der Waals surface area contributed by atoms with Crippen molar-refractivity contribution in [1.82, 2.24) is 9.80 Å². The molecule has 5 rings (SSSR count). The summed E-state index contributed by atoms with van der Waals surface area (Å²) in [5.74, 6) is 0.177. The van der Waals surface area contributed by atoms with Crippen molar-refractivity contribution in [3.8, 4) is 0 Å². The lowest BCUT2D eigenvalue weighted by Crippen LogP contribution is -2.50. The van der Waals surface area contributed by atoms with Gasteiger partial charge in [0.25, 0.3) is 0 Å². The van der Waals surface area contributed by atoms with Crippen LogP contribution in [0.15, 0.2) is 53.0 Å². The molecule has 0 radical (unpaired) electrons. The molecular weight excluding hydrogens is 432 g/mol. The van der Waals surface area contributed by atoms with Crippen LogP contribution >= 0.6 is 11.3 Å². The summed E-state index contributed by atoms with van der Waals surface area (Å²) >= 11 is 1.61. The molecule has 7 heteroatoms. The number of hydrogen-bond donors (Lipinski definition) is 1. The van der Waals surface area contributed by atoms with E-state index >= 15 is 0 Å². The lowest BCUT2D eigenvalue weighted by Gasteiger charge is -2.38. The average Bonchev–Trinajstić information content (AvgIpc) is 3.24. The van der Waals surface area contributed by atoms with Crippen LogP contribution in [-0.2, 0) is 9.59 Å². The van der Waals surface area contributed by atoms with Crippen molar-refractivity contribution in [2.75, 3.05) is 50.0 Å². The van der Waals surface area contributed by atoms with Crippen LogP contribution in [0.3, 0.4) is 0 Å². The van der Waals surface area contributed by atoms with Crippen molar-refractivity contribution in [3.05, 3.63) is 57.9 Å². The monoisotopic (exact) mass is 464 g/mol. The molecule has 0 saturated carbocycles. The number of Topliss-reactive ketones (excluding diaryl/α,β-unsaturated/α-hetero) is 1. The fourth-order valence-electron chi connectivity index (χ4n) is 5.25. The molecule has 1 N–H and O–H groups in total. The molecule has 1 amide bonds. The second-order valence-corrected chi connectivity index (χ2v) is 11.2. The van der Waals surface area contributed by atoms with Crippen LogP contribution in [0.5, 0.6) is 0 Å². The van der Waals surface area contributed by atoms with E-state index in [0.717, 1.165) is 60.1 Å². The summed E-state index contributed by atoms with van der Waals surface area (Å²) in [4.78, 5) is 35.0. The number of fused-ring (bicyclic) bond motifs is 1. The summed E-state index contributed by atoms with van der Waals surface area (Å²) in [7, 11) is 2.12. The van der Waals surface area contributed by atoms with Crippen LogP contribution in [0, 0.1) is 5.41 Å². The van der Waals surface area contributed by atoms with Crippen molar-refractivity contribution in [2.45, 2.75) is 32.7 Å². The lowest BCUT2D eigenvalue weighted by atomic mass is 9.74. The van der Waals surface area contributed by atoms with Crippen LogP contribution < -0.4 is 10.2 Å². The fraction of sp³-hybridized carbons (Fsp3) is 0.462. The molecule has 0 bridgehead atoms. The molecule has 174 valence electrons. The van der Waals surface area contributed by atoms with Crippen LogP contribution in [-0.4, -0.2) is 61.3 Å². The highest BCUT2D eigenvalue weighted by molar-refractivity contribution is 7.10. The zero-order valence-corrected chi connectivity index (χ0v) is 20.5.